The molecule has 68 valence electrons. The number of hydrogen-bond acceptors (Lipinski definition) is 3. The van der Waals surface area contributed by atoms with Gasteiger partial charge in [0.2, 0.25) is 0 Å². The minimum atomic E-state index is -0.383. The lowest BCUT2D eigenvalue weighted by Crippen LogP contribution is -2.47. The summed E-state index contributed by atoms with van der Waals surface area (Å²) in [5.41, 5.74) is 0. The first-order valence-corrected chi connectivity index (χ1v) is 4.69. The molecule has 4 fully saturated rings. The molecule has 4 heterocycles. The first kappa shape index (κ1) is 7.30. The highest BCUT2D eigenvalue weighted by Gasteiger charge is 2.63. The van der Waals surface area contributed by atoms with Crippen LogP contribution in [0.2, 0.25) is 0 Å². The Morgan fingerprint density at radius 2 is 1.42 bits per heavy atom. The fraction of sp³-hybridized carbons (Fsp3) is 1.00. The van der Waals surface area contributed by atoms with Crippen molar-refractivity contribution < 1.29 is 14.6 Å². The fourth-order valence-electron chi connectivity index (χ4n) is 3.02. The summed E-state index contributed by atoms with van der Waals surface area (Å²) in [7, 11) is 0. The summed E-state index contributed by atoms with van der Waals surface area (Å²) in [6.45, 7) is 4.26. The van der Waals surface area contributed by atoms with Gasteiger partial charge >= 0.3 is 0 Å². The normalized spacial score (nSPS) is 67.8. The van der Waals surface area contributed by atoms with Crippen LogP contribution in [0.15, 0.2) is 0 Å². The third-order valence-electron chi connectivity index (χ3n) is 3.70. The molecule has 5 unspecified atom stereocenters. The molecule has 0 aliphatic carbocycles. The molecule has 0 aromatic carbocycles. The Bertz CT molecular complexity index is 188. The van der Waals surface area contributed by atoms with Gasteiger partial charge in [-0.2, -0.15) is 0 Å². The van der Waals surface area contributed by atoms with Crippen LogP contribution in [0.3, 0.4) is 0 Å². The highest BCUT2D eigenvalue weighted by atomic mass is 16.6. The zero-order chi connectivity index (χ0) is 8.46. The van der Waals surface area contributed by atoms with Crippen LogP contribution in [0.4, 0.5) is 0 Å². The third kappa shape index (κ3) is 0.605. The van der Waals surface area contributed by atoms with Crippen molar-refractivity contribution >= 4 is 0 Å². The second-order valence-electron chi connectivity index (χ2n) is 4.34. The van der Waals surface area contributed by atoms with E-state index in [-0.39, 0.29) is 24.4 Å². The molecular formula is C9H14O3. The van der Waals surface area contributed by atoms with Crippen molar-refractivity contribution in [1.29, 1.82) is 0 Å². The van der Waals surface area contributed by atoms with E-state index in [1.807, 2.05) is 0 Å². The molecular weight excluding hydrogens is 156 g/mol. The van der Waals surface area contributed by atoms with Crippen LogP contribution in [-0.2, 0) is 9.47 Å². The second-order valence-corrected chi connectivity index (χ2v) is 4.34. The first-order chi connectivity index (χ1) is 5.70. The molecule has 4 rings (SSSR count). The number of aliphatic hydroxyl groups excluding tert-OH is 1. The van der Waals surface area contributed by atoms with Crippen LogP contribution in [0.25, 0.3) is 0 Å². The van der Waals surface area contributed by atoms with Gasteiger partial charge in [0.1, 0.15) is 12.2 Å². The zero-order valence-electron chi connectivity index (χ0n) is 7.31. The van der Waals surface area contributed by atoms with E-state index < -0.39 is 0 Å². The van der Waals surface area contributed by atoms with Crippen molar-refractivity contribution in [2.75, 3.05) is 0 Å². The molecule has 0 spiro atoms. The lowest BCUT2D eigenvalue weighted by molar-refractivity contribution is -0.149. The van der Waals surface area contributed by atoms with Crippen LogP contribution >= 0.6 is 0 Å². The minimum Gasteiger partial charge on any atom is -0.388 e. The lowest BCUT2D eigenvalue weighted by atomic mass is 9.87. The van der Waals surface area contributed by atoms with Crippen molar-refractivity contribution in [3.8, 4) is 0 Å². The van der Waals surface area contributed by atoms with Crippen LogP contribution in [-0.4, -0.2) is 35.6 Å². The number of ether oxygens (including phenoxy) is 2. The van der Waals surface area contributed by atoms with E-state index in [1.54, 1.807) is 0 Å². The Morgan fingerprint density at radius 1 is 0.833 bits per heavy atom. The van der Waals surface area contributed by atoms with E-state index in [4.69, 9.17) is 9.47 Å². The van der Waals surface area contributed by atoms with Gasteiger partial charge in [-0.25, -0.2) is 0 Å². The summed E-state index contributed by atoms with van der Waals surface area (Å²) < 4.78 is 11.4. The van der Waals surface area contributed by atoms with E-state index >= 15 is 0 Å². The van der Waals surface area contributed by atoms with Crippen molar-refractivity contribution in [2.45, 2.75) is 44.4 Å². The average Bonchev–Trinajstić information content (AvgIpc) is 2.43. The molecule has 0 saturated carbocycles. The SMILES string of the molecule is CC1C2OC3C(O)[C@@H](O[C@H]13)C2C. The van der Waals surface area contributed by atoms with Gasteiger partial charge in [-0.1, -0.05) is 13.8 Å². The molecule has 1 N–H and O–H groups in total. The maximum absolute atomic E-state index is 9.74. The van der Waals surface area contributed by atoms with E-state index in [2.05, 4.69) is 13.8 Å². The third-order valence-corrected chi connectivity index (χ3v) is 3.70. The van der Waals surface area contributed by atoms with Gasteiger partial charge in [-0.15, -0.1) is 0 Å². The average molecular weight is 170 g/mol. The first-order valence-electron chi connectivity index (χ1n) is 4.69. The summed E-state index contributed by atoms with van der Waals surface area (Å²) in [4.78, 5) is 0. The Balaban J connectivity index is 2.01. The number of aliphatic hydroxyl groups is 1. The largest absolute Gasteiger partial charge is 0.388 e. The van der Waals surface area contributed by atoms with E-state index in [9.17, 15) is 5.11 Å². The molecule has 3 heteroatoms. The van der Waals surface area contributed by atoms with Crippen LogP contribution in [0.1, 0.15) is 13.8 Å². The molecule has 0 aromatic heterocycles. The molecule has 4 aliphatic rings. The van der Waals surface area contributed by atoms with Gasteiger partial charge in [-0.05, 0) is 0 Å². The van der Waals surface area contributed by atoms with E-state index in [0.29, 0.717) is 17.9 Å². The quantitative estimate of drug-likeness (QED) is 0.563. The maximum Gasteiger partial charge on any atom is 0.113 e. The Labute approximate surface area is 71.7 Å². The van der Waals surface area contributed by atoms with E-state index in [1.165, 1.54) is 0 Å². The molecule has 7 atom stereocenters. The van der Waals surface area contributed by atoms with Crippen LogP contribution in [0.5, 0.6) is 0 Å². The Morgan fingerprint density at radius 3 is 2.08 bits per heavy atom. The fourth-order valence-corrected chi connectivity index (χ4v) is 3.02. The smallest absolute Gasteiger partial charge is 0.113 e. The number of hydrogen-bond donors (Lipinski definition) is 1. The van der Waals surface area contributed by atoms with Gasteiger partial charge in [0.05, 0.1) is 18.3 Å². The second kappa shape index (κ2) is 2.03. The Kier molecular flexibility index (Phi) is 1.23. The Hall–Kier alpha value is -0.120. The van der Waals surface area contributed by atoms with Gasteiger partial charge in [0.25, 0.3) is 0 Å². The molecule has 12 heavy (non-hydrogen) atoms. The molecule has 0 aromatic rings. The highest BCUT2D eigenvalue weighted by Crippen LogP contribution is 2.49. The predicted octanol–water partition coefficient (Wildman–Crippen LogP) is 0.168. The van der Waals surface area contributed by atoms with Crippen molar-refractivity contribution in [2.24, 2.45) is 11.8 Å². The summed E-state index contributed by atoms with van der Waals surface area (Å²) in [6.07, 6.45) is 0.0979. The van der Waals surface area contributed by atoms with Crippen LogP contribution in [0, 0.1) is 11.8 Å². The zero-order valence-corrected chi connectivity index (χ0v) is 7.31. The molecule has 4 saturated heterocycles. The standard InChI is InChI=1S/C9H14O3/c1-3-6-4(2)8-9(11-6)5(10)7(3)12-8/h3-10H,1-2H3/t3?,4?,5?,6?,7-,8+,9?/m0/s1. The molecule has 4 bridgehead atoms. The van der Waals surface area contributed by atoms with Crippen molar-refractivity contribution in [3.63, 3.8) is 0 Å². The lowest BCUT2D eigenvalue weighted by Gasteiger charge is -2.37. The summed E-state index contributed by atoms with van der Waals surface area (Å²) in [5, 5.41) is 9.74. The maximum atomic E-state index is 9.74. The van der Waals surface area contributed by atoms with Gasteiger partial charge < -0.3 is 14.6 Å². The van der Waals surface area contributed by atoms with E-state index in [0.717, 1.165) is 0 Å². The van der Waals surface area contributed by atoms with Crippen molar-refractivity contribution in [3.05, 3.63) is 0 Å². The minimum absolute atomic E-state index is 0.0359. The predicted molar refractivity (Wildman–Crippen MR) is 41.7 cm³/mol. The topological polar surface area (TPSA) is 38.7 Å². The van der Waals surface area contributed by atoms with Crippen molar-refractivity contribution in [1.82, 2.24) is 0 Å². The van der Waals surface area contributed by atoms with Gasteiger partial charge in [0, 0.05) is 11.8 Å². The number of rotatable bonds is 0. The van der Waals surface area contributed by atoms with Gasteiger partial charge in [-0.3, -0.25) is 0 Å². The molecule has 3 nitrogen and oxygen atoms in total. The van der Waals surface area contributed by atoms with Gasteiger partial charge in [0.15, 0.2) is 0 Å². The molecule has 4 aliphatic heterocycles. The summed E-state index contributed by atoms with van der Waals surface area (Å²) in [6, 6.07) is 0. The summed E-state index contributed by atoms with van der Waals surface area (Å²) >= 11 is 0. The molecule has 0 amide bonds. The summed E-state index contributed by atoms with van der Waals surface area (Å²) in [5.74, 6) is 0.809. The monoisotopic (exact) mass is 170 g/mol. The van der Waals surface area contributed by atoms with Crippen LogP contribution < -0.4 is 0 Å². The molecule has 0 radical (unpaired) electrons. The highest BCUT2D eigenvalue weighted by molar-refractivity contribution is 5.09.